The van der Waals surface area contributed by atoms with E-state index < -0.39 is 0 Å². The van der Waals surface area contributed by atoms with Crippen LogP contribution in [-0.4, -0.2) is 15.7 Å². The van der Waals surface area contributed by atoms with Crippen LogP contribution < -0.4 is 0 Å². The zero-order valence-electron chi connectivity index (χ0n) is 8.74. The molecule has 1 heterocycles. The Morgan fingerprint density at radius 3 is 2.82 bits per heavy atom. The van der Waals surface area contributed by atoms with Crippen LogP contribution in [0.3, 0.4) is 0 Å². The summed E-state index contributed by atoms with van der Waals surface area (Å²) in [6.07, 6.45) is 3.54. The van der Waals surface area contributed by atoms with Crippen LogP contribution in [0, 0.1) is 0 Å². The normalized spacial score (nSPS) is 17.7. The van der Waals surface area contributed by atoms with Gasteiger partial charge in [0.05, 0.1) is 10.0 Å². The van der Waals surface area contributed by atoms with Crippen molar-refractivity contribution in [2.24, 2.45) is 4.99 Å². The van der Waals surface area contributed by atoms with E-state index in [0.717, 1.165) is 16.1 Å². The number of rotatable bonds is 1. The quantitative estimate of drug-likeness (QED) is 0.723. The molecular weight excluding hydrogens is 297 g/mol. The molecule has 0 radical (unpaired) electrons. The van der Waals surface area contributed by atoms with E-state index in [1.807, 2.05) is 6.26 Å². The molecule has 1 aliphatic rings. The van der Waals surface area contributed by atoms with E-state index in [1.54, 1.807) is 24.3 Å². The number of benzene rings is 1. The average Bonchev–Trinajstić information content (AvgIpc) is 2.66. The maximum absolute atomic E-state index is 11.6. The van der Waals surface area contributed by atoms with E-state index >= 15 is 0 Å². The second kappa shape index (κ2) is 5.48. The lowest BCUT2D eigenvalue weighted by Gasteiger charge is -2.00. The summed E-state index contributed by atoms with van der Waals surface area (Å²) in [6, 6.07) is 5.28. The fraction of sp³-hybridized carbons (Fsp3) is 0.0909. The maximum Gasteiger partial charge on any atom is 0.244 e. The molecule has 1 aromatic carbocycles. The highest BCUT2D eigenvalue weighted by molar-refractivity contribution is 8.45. The molecule has 0 aromatic heterocycles. The molecule has 0 N–H and O–H groups in total. The summed E-state index contributed by atoms with van der Waals surface area (Å²) in [5.41, 5.74) is 1.11. The minimum atomic E-state index is -0.0645. The van der Waals surface area contributed by atoms with Crippen LogP contribution in [0.25, 0.3) is 6.08 Å². The molecule has 2 nitrogen and oxygen atoms in total. The van der Waals surface area contributed by atoms with Gasteiger partial charge in [0.25, 0.3) is 0 Å². The fourth-order valence-electron chi connectivity index (χ4n) is 1.26. The van der Waals surface area contributed by atoms with Gasteiger partial charge in [-0.1, -0.05) is 35.3 Å². The summed E-state index contributed by atoms with van der Waals surface area (Å²) in [5.74, 6) is 0. The van der Waals surface area contributed by atoms with Crippen molar-refractivity contribution in [1.29, 1.82) is 0 Å². The average molecular weight is 304 g/mol. The van der Waals surface area contributed by atoms with Crippen LogP contribution in [-0.2, 0) is 4.79 Å². The molecule has 0 fully saturated rings. The van der Waals surface area contributed by atoms with E-state index in [9.17, 15) is 4.79 Å². The molecule has 0 spiro atoms. The molecule has 0 atom stereocenters. The molecule has 1 aromatic rings. The Morgan fingerprint density at radius 1 is 1.41 bits per heavy atom. The molecule has 0 amide bonds. The van der Waals surface area contributed by atoms with E-state index in [1.165, 1.54) is 11.8 Å². The summed E-state index contributed by atoms with van der Waals surface area (Å²) >= 11 is 14.5. The monoisotopic (exact) mass is 303 g/mol. The Bertz CT molecular complexity index is 540. The van der Waals surface area contributed by atoms with Crippen molar-refractivity contribution in [2.45, 2.75) is 0 Å². The van der Waals surface area contributed by atoms with Gasteiger partial charge in [-0.2, -0.15) is 0 Å². The summed E-state index contributed by atoms with van der Waals surface area (Å²) in [5, 5.41) is 0.839. The van der Waals surface area contributed by atoms with Crippen LogP contribution >= 0.6 is 46.7 Å². The molecule has 0 unspecified atom stereocenters. The topological polar surface area (TPSA) is 29.4 Å². The molecule has 1 aliphatic heterocycles. The third-order valence-electron chi connectivity index (χ3n) is 2.05. The van der Waals surface area contributed by atoms with Crippen LogP contribution in [0.15, 0.2) is 28.9 Å². The lowest BCUT2D eigenvalue weighted by molar-refractivity contribution is -0.107. The first kappa shape index (κ1) is 13.0. The highest BCUT2D eigenvalue weighted by Gasteiger charge is 2.21. The second-order valence-electron chi connectivity index (χ2n) is 3.14. The van der Waals surface area contributed by atoms with Crippen LogP contribution in [0.1, 0.15) is 5.56 Å². The zero-order valence-corrected chi connectivity index (χ0v) is 11.9. The predicted octanol–water partition coefficient (Wildman–Crippen LogP) is 4.33. The summed E-state index contributed by atoms with van der Waals surface area (Å²) in [6.45, 7) is 0. The molecule has 88 valence electrons. The lowest BCUT2D eigenvalue weighted by Crippen LogP contribution is -1.88. The van der Waals surface area contributed by atoms with Crippen molar-refractivity contribution >= 4 is 62.3 Å². The number of hydrogen-bond acceptors (Lipinski definition) is 4. The van der Waals surface area contributed by atoms with Gasteiger partial charge in [-0.15, -0.1) is 11.8 Å². The first-order valence-electron chi connectivity index (χ1n) is 4.62. The summed E-state index contributed by atoms with van der Waals surface area (Å²) in [4.78, 5) is 15.8. The largest absolute Gasteiger partial charge is 0.279 e. The zero-order chi connectivity index (χ0) is 12.4. The van der Waals surface area contributed by atoms with Crippen molar-refractivity contribution in [3.05, 3.63) is 39.5 Å². The Hall–Kier alpha value is -0.420. The molecule has 6 heteroatoms. The van der Waals surface area contributed by atoms with Crippen LogP contribution in [0.4, 0.5) is 0 Å². The van der Waals surface area contributed by atoms with Gasteiger partial charge >= 0.3 is 0 Å². The highest BCUT2D eigenvalue weighted by atomic mass is 35.5. The number of halogens is 2. The van der Waals surface area contributed by atoms with Crippen molar-refractivity contribution < 1.29 is 4.79 Å². The van der Waals surface area contributed by atoms with Crippen LogP contribution in [0.2, 0.25) is 10.0 Å². The number of nitrogens with zero attached hydrogens (tertiary/aromatic N) is 1. The third kappa shape index (κ3) is 2.88. The van der Waals surface area contributed by atoms with Gasteiger partial charge in [0.2, 0.25) is 5.12 Å². The molecule has 0 bridgehead atoms. The fourth-order valence-corrected chi connectivity index (χ4v) is 2.88. The predicted molar refractivity (Wildman–Crippen MR) is 78.0 cm³/mol. The number of aliphatic imine (C=N–C) groups is 1. The lowest BCUT2D eigenvalue weighted by atomic mass is 10.2. The Morgan fingerprint density at radius 2 is 2.18 bits per heavy atom. The van der Waals surface area contributed by atoms with Gasteiger partial charge in [-0.25, -0.2) is 4.99 Å². The SMILES string of the molecule is CSC1=N/C(=C/c2cccc(Cl)c2Cl)C(=O)S1. The minimum Gasteiger partial charge on any atom is -0.279 e. The molecule has 0 aliphatic carbocycles. The van der Waals surface area contributed by atoms with Gasteiger partial charge in [0.1, 0.15) is 10.1 Å². The Labute approximate surface area is 117 Å². The summed E-state index contributed by atoms with van der Waals surface area (Å²) < 4.78 is 0.749. The van der Waals surface area contributed by atoms with E-state index in [4.69, 9.17) is 23.2 Å². The summed E-state index contributed by atoms with van der Waals surface area (Å²) in [7, 11) is 0. The molecule has 2 rings (SSSR count). The number of carbonyl (C=O) groups is 1. The van der Waals surface area contributed by atoms with Gasteiger partial charge in [0.15, 0.2) is 0 Å². The van der Waals surface area contributed by atoms with Crippen molar-refractivity contribution in [1.82, 2.24) is 0 Å². The number of thioether (sulfide) groups is 2. The maximum atomic E-state index is 11.6. The van der Waals surface area contributed by atoms with Crippen LogP contribution in [0.5, 0.6) is 0 Å². The van der Waals surface area contributed by atoms with Crippen molar-refractivity contribution in [2.75, 3.05) is 6.26 Å². The first-order chi connectivity index (χ1) is 8.11. The smallest absolute Gasteiger partial charge is 0.244 e. The van der Waals surface area contributed by atoms with Crippen molar-refractivity contribution in [3.63, 3.8) is 0 Å². The Balaban J connectivity index is 2.40. The van der Waals surface area contributed by atoms with Crippen molar-refractivity contribution in [3.8, 4) is 0 Å². The second-order valence-corrected chi connectivity index (χ2v) is 5.94. The Kier molecular flexibility index (Phi) is 4.20. The highest BCUT2D eigenvalue weighted by Crippen LogP contribution is 2.32. The van der Waals surface area contributed by atoms with Gasteiger partial charge in [-0.05, 0) is 35.7 Å². The standard InChI is InChI=1S/C11H7Cl2NOS2/c1-16-11-14-8(10(15)17-11)5-6-3-2-4-7(12)9(6)13/h2-5H,1H3/b8-5+. The molecule has 17 heavy (non-hydrogen) atoms. The molecule has 0 saturated carbocycles. The van der Waals surface area contributed by atoms with E-state index in [0.29, 0.717) is 21.3 Å². The van der Waals surface area contributed by atoms with Gasteiger partial charge in [-0.3, -0.25) is 4.79 Å². The molecular formula is C11H7Cl2NOS2. The third-order valence-corrected chi connectivity index (χ3v) is 4.73. The van der Waals surface area contributed by atoms with Gasteiger partial charge in [0, 0.05) is 0 Å². The van der Waals surface area contributed by atoms with E-state index in [-0.39, 0.29) is 5.12 Å². The van der Waals surface area contributed by atoms with E-state index in [2.05, 4.69) is 4.99 Å². The number of carbonyl (C=O) groups excluding carboxylic acids is 1. The molecule has 0 saturated heterocycles. The first-order valence-corrected chi connectivity index (χ1v) is 7.42. The number of hydrogen-bond donors (Lipinski definition) is 0. The van der Waals surface area contributed by atoms with Gasteiger partial charge < -0.3 is 0 Å². The minimum absolute atomic E-state index is 0.0645.